The molecule has 8 nitrogen and oxygen atoms in total. The number of rotatable bonds is 4. The predicted octanol–water partition coefficient (Wildman–Crippen LogP) is 2.78. The first-order valence-corrected chi connectivity index (χ1v) is 14.0. The Hall–Kier alpha value is -2.45. The molecule has 194 valence electrons. The molecule has 0 radical (unpaired) electrons. The van der Waals surface area contributed by atoms with Crippen LogP contribution in [0.15, 0.2) is 18.2 Å². The molecule has 36 heavy (non-hydrogen) atoms. The first-order chi connectivity index (χ1) is 17.5. The van der Waals surface area contributed by atoms with Crippen molar-refractivity contribution in [1.29, 1.82) is 0 Å². The number of aromatic nitrogens is 2. The summed E-state index contributed by atoms with van der Waals surface area (Å²) in [6.07, 6.45) is 9.36. The van der Waals surface area contributed by atoms with E-state index in [4.69, 9.17) is 5.10 Å². The molecule has 1 atom stereocenters. The lowest BCUT2D eigenvalue weighted by Gasteiger charge is -2.45. The van der Waals surface area contributed by atoms with E-state index in [1.165, 1.54) is 63.8 Å². The first-order valence-electron chi connectivity index (χ1n) is 14.0. The van der Waals surface area contributed by atoms with Crippen LogP contribution in [-0.4, -0.2) is 72.3 Å². The van der Waals surface area contributed by atoms with Gasteiger partial charge >= 0.3 is 0 Å². The minimum absolute atomic E-state index is 0.188. The molecule has 1 saturated carbocycles. The number of amides is 2. The number of benzene rings is 1. The summed E-state index contributed by atoms with van der Waals surface area (Å²) in [7, 11) is 1.94. The Bertz CT molecular complexity index is 1120. The molecule has 3 aliphatic heterocycles. The van der Waals surface area contributed by atoms with Crippen molar-refractivity contribution in [3.8, 4) is 0 Å². The largest absolute Gasteiger partial charge is 0.369 e. The third kappa shape index (κ3) is 4.65. The number of anilines is 1. The number of carbonyl (C=O) groups excluding carboxylic acids is 2. The molecule has 8 heteroatoms. The van der Waals surface area contributed by atoms with Crippen LogP contribution in [0.25, 0.3) is 10.9 Å². The molecule has 2 aromatic rings. The van der Waals surface area contributed by atoms with Gasteiger partial charge in [-0.25, -0.2) is 0 Å². The highest BCUT2D eigenvalue weighted by Gasteiger charge is 2.37. The maximum absolute atomic E-state index is 12.4. The molecule has 2 N–H and O–H groups in total. The second-order valence-corrected chi connectivity index (χ2v) is 11.7. The second-order valence-electron chi connectivity index (χ2n) is 11.7. The Kier molecular flexibility index (Phi) is 6.50. The summed E-state index contributed by atoms with van der Waals surface area (Å²) < 4.78 is 1.88. The topological polar surface area (TPSA) is 82.5 Å². The molecular weight excluding hydrogens is 452 g/mol. The Balaban J connectivity index is 1.06. The van der Waals surface area contributed by atoms with Gasteiger partial charge in [0.1, 0.15) is 0 Å². The lowest BCUT2D eigenvalue weighted by atomic mass is 9.65. The summed E-state index contributed by atoms with van der Waals surface area (Å²) >= 11 is 0. The number of nitrogens with zero attached hydrogens (tertiary/aromatic N) is 4. The zero-order valence-corrected chi connectivity index (χ0v) is 21.6. The molecule has 4 fully saturated rings. The number of nitrogens with one attached hydrogen (secondary N) is 2. The Morgan fingerprint density at radius 3 is 2.47 bits per heavy atom. The van der Waals surface area contributed by atoms with E-state index in [0.717, 1.165) is 48.7 Å². The van der Waals surface area contributed by atoms with Crippen molar-refractivity contribution in [3.63, 3.8) is 0 Å². The van der Waals surface area contributed by atoms with Crippen LogP contribution in [0.1, 0.15) is 63.0 Å². The molecule has 1 aromatic heterocycles. The van der Waals surface area contributed by atoms with Crippen LogP contribution >= 0.6 is 0 Å². The Morgan fingerprint density at radius 2 is 1.75 bits per heavy atom. The van der Waals surface area contributed by atoms with Gasteiger partial charge in [0.15, 0.2) is 0 Å². The Labute approximate surface area is 213 Å². The minimum Gasteiger partial charge on any atom is -0.369 e. The van der Waals surface area contributed by atoms with Crippen molar-refractivity contribution in [3.05, 3.63) is 23.9 Å². The maximum atomic E-state index is 12.4. The van der Waals surface area contributed by atoms with E-state index in [9.17, 15) is 9.59 Å². The average molecular weight is 493 g/mol. The first kappa shape index (κ1) is 23.9. The van der Waals surface area contributed by atoms with Crippen LogP contribution in [0.5, 0.6) is 0 Å². The summed E-state index contributed by atoms with van der Waals surface area (Å²) in [5, 5.41) is 11.7. The number of piperidine rings is 2. The molecule has 4 heterocycles. The van der Waals surface area contributed by atoms with Crippen LogP contribution in [0.4, 0.5) is 5.69 Å². The quantitative estimate of drug-likeness (QED) is 0.639. The van der Waals surface area contributed by atoms with Gasteiger partial charge in [0.25, 0.3) is 0 Å². The Morgan fingerprint density at radius 1 is 1.00 bits per heavy atom. The zero-order chi connectivity index (χ0) is 24.7. The summed E-state index contributed by atoms with van der Waals surface area (Å²) in [5.41, 5.74) is 3.71. The van der Waals surface area contributed by atoms with Crippen molar-refractivity contribution in [2.75, 3.05) is 50.7 Å². The molecular formula is C28H40N6O2. The van der Waals surface area contributed by atoms with Gasteiger partial charge in [0.05, 0.1) is 17.1 Å². The number of carbonyl (C=O) groups is 2. The van der Waals surface area contributed by atoms with Gasteiger partial charge in [0, 0.05) is 57.3 Å². The number of piperazine rings is 1. The molecule has 1 aliphatic carbocycles. The van der Waals surface area contributed by atoms with Crippen LogP contribution in [0.2, 0.25) is 0 Å². The SMILES string of the molecule is Cn1nc(C2CCC(=O)NC2=O)c2ccc(N3CCN(CC4CCC5(CCNCC5)CC4)CC3)cc21. The van der Waals surface area contributed by atoms with E-state index >= 15 is 0 Å². The normalized spacial score (nSPS) is 26.0. The lowest BCUT2D eigenvalue weighted by molar-refractivity contribution is -0.134. The molecule has 4 aliphatic rings. The number of hydrogen-bond acceptors (Lipinski definition) is 6. The highest BCUT2D eigenvalue weighted by Crippen LogP contribution is 2.45. The highest BCUT2D eigenvalue weighted by molar-refractivity contribution is 6.02. The van der Waals surface area contributed by atoms with Crippen molar-refractivity contribution < 1.29 is 9.59 Å². The van der Waals surface area contributed by atoms with Crippen LogP contribution in [0.3, 0.4) is 0 Å². The molecule has 1 spiro atoms. The van der Waals surface area contributed by atoms with Crippen molar-refractivity contribution in [2.45, 2.75) is 57.3 Å². The van der Waals surface area contributed by atoms with Gasteiger partial charge in [-0.3, -0.25) is 24.5 Å². The number of hydrogen-bond donors (Lipinski definition) is 2. The van der Waals surface area contributed by atoms with E-state index in [1.807, 2.05) is 11.7 Å². The van der Waals surface area contributed by atoms with Gasteiger partial charge in [-0.1, -0.05) is 0 Å². The summed E-state index contributed by atoms with van der Waals surface area (Å²) in [6, 6.07) is 6.50. The molecule has 1 aromatic carbocycles. The van der Waals surface area contributed by atoms with E-state index in [-0.39, 0.29) is 17.7 Å². The summed E-state index contributed by atoms with van der Waals surface area (Å²) in [4.78, 5) is 29.2. The lowest BCUT2D eigenvalue weighted by Crippen LogP contribution is -2.48. The number of fused-ring (bicyclic) bond motifs is 1. The van der Waals surface area contributed by atoms with Gasteiger partial charge in [-0.05, 0) is 87.6 Å². The molecule has 3 saturated heterocycles. The van der Waals surface area contributed by atoms with E-state index in [0.29, 0.717) is 18.3 Å². The van der Waals surface area contributed by atoms with Crippen molar-refractivity contribution in [1.82, 2.24) is 25.3 Å². The summed E-state index contributed by atoms with van der Waals surface area (Å²) in [6.45, 7) is 8.04. The fraction of sp³-hybridized carbons (Fsp3) is 0.679. The average Bonchev–Trinajstić information content (AvgIpc) is 3.22. The molecule has 6 rings (SSSR count). The van der Waals surface area contributed by atoms with Crippen LogP contribution in [0, 0.1) is 11.3 Å². The highest BCUT2D eigenvalue weighted by atomic mass is 16.2. The predicted molar refractivity (Wildman–Crippen MR) is 141 cm³/mol. The molecule has 0 bridgehead atoms. The van der Waals surface area contributed by atoms with Gasteiger partial charge in [-0.2, -0.15) is 5.10 Å². The maximum Gasteiger partial charge on any atom is 0.235 e. The monoisotopic (exact) mass is 492 g/mol. The smallest absolute Gasteiger partial charge is 0.235 e. The van der Waals surface area contributed by atoms with Gasteiger partial charge < -0.3 is 10.2 Å². The number of aryl methyl sites for hydroxylation is 1. The van der Waals surface area contributed by atoms with Crippen LogP contribution < -0.4 is 15.5 Å². The van der Waals surface area contributed by atoms with Crippen LogP contribution in [-0.2, 0) is 16.6 Å². The second kappa shape index (κ2) is 9.78. The van der Waals surface area contributed by atoms with Gasteiger partial charge in [0.2, 0.25) is 11.8 Å². The fourth-order valence-corrected chi connectivity index (χ4v) is 7.17. The fourth-order valence-electron chi connectivity index (χ4n) is 7.17. The van der Waals surface area contributed by atoms with E-state index in [1.54, 1.807) is 0 Å². The van der Waals surface area contributed by atoms with Crippen molar-refractivity contribution >= 4 is 28.4 Å². The summed E-state index contributed by atoms with van der Waals surface area (Å²) in [5.74, 6) is 0.0984. The van der Waals surface area contributed by atoms with Gasteiger partial charge in [-0.15, -0.1) is 0 Å². The van der Waals surface area contributed by atoms with E-state index < -0.39 is 0 Å². The van der Waals surface area contributed by atoms with E-state index in [2.05, 4.69) is 38.6 Å². The third-order valence-corrected chi connectivity index (χ3v) is 9.52. The van der Waals surface area contributed by atoms with Crippen molar-refractivity contribution in [2.24, 2.45) is 18.4 Å². The molecule has 2 amide bonds. The minimum atomic E-state index is -0.356. The zero-order valence-electron chi connectivity index (χ0n) is 21.6. The standard InChI is InChI=1S/C28H40N6O2/c1-32-24-18-21(2-3-22(24)26(31-32)23-4-5-25(35)30-27(23)36)34-16-14-33(15-17-34)19-20-6-8-28(9-7-20)10-12-29-13-11-28/h2-3,18,20,23,29H,4-17,19H2,1H3,(H,30,35,36). The third-order valence-electron chi connectivity index (χ3n) is 9.52. The molecule has 1 unspecified atom stereocenters. The number of imide groups is 1.